The molecule has 148 valence electrons. The van der Waals surface area contributed by atoms with Gasteiger partial charge in [-0.3, -0.25) is 4.79 Å². The van der Waals surface area contributed by atoms with Gasteiger partial charge in [-0.15, -0.1) is 0 Å². The molecule has 1 aliphatic rings. The summed E-state index contributed by atoms with van der Waals surface area (Å²) < 4.78 is 6.49. The van der Waals surface area contributed by atoms with Crippen molar-refractivity contribution >= 4 is 17.5 Å². The predicted molar refractivity (Wildman–Crippen MR) is 116 cm³/mol. The lowest BCUT2D eigenvalue weighted by molar-refractivity contribution is -0.134. The Morgan fingerprint density at radius 2 is 1.52 bits per heavy atom. The molecule has 0 aliphatic carbocycles. The lowest BCUT2D eigenvalue weighted by atomic mass is 9.94. The maximum atomic E-state index is 12.7. The third kappa shape index (κ3) is 4.69. The Kier molecular flexibility index (Phi) is 6.28. The molecule has 0 spiro atoms. The van der Waals surface area contributed by atoms with E-state index >= 15 is 0 Å². The van der Waals surface area contributed by atoms with Crippen LogP contribution >= 0.6 is 11.6 Å². The summed E-state index contributed by atoms with van der Waals surface area (Å²) in [7, 11) is 0. The van der Waals surface area contributed by atoms with Gasteiger partial charge in [-0.1, -0.05) is 84.4 Å². The zero-order chi connectivity index (χ0) is 20.1. The Morgan fingerprint density at radius 1 is 0.862 bits per heavy atom. The van der Waals surface area contributed by atoms with Gasteiger partial charge in [0.1, 0.15) is 6.10 Å². The lowest BCUT2D eigenvalue weighted by Crippen LogP contribution is -2.35. The molecule has 3 aromatic carbocycles. The molecule has 1 saturated heterocycles. The fraction of sp³-hybridized carbons (Fsp3) is 0.240. The van der Waals surface area contributed by atoms with E-state index in [4.69, 9.17) is 16.3 Å². The molecule has 1 aliphatic heterocycles. The molecule has 3 aromatic rings. The van der Waals surface area contributed by atoms with E-state index in [-0.39, 0.29) is 18.1 Å². The van der Waals surface area contributed by atoms with E-state index in [1.807, 2.05) is 65.6 Å². The second-order valence-corrected chi connectivity index (χ2v) is 7.75. The van der Waals surface area contributed by atoms with Gasteiger partial charge in [0.15, 0.2) is 0 Å². The molecule has 4 heteroatoms. The standard InChI is InChI=1S/C25H24ClNO2/c26-22-15-13-21(14-16-22)25(29-18-19-8-3-1-4-9-19)24(20-10-5-2-6-11-20)27-17-7-12-23(27)28/h1-6,8-11,13-16,24-25H,7,12,17-18H2/t24-,25+/m1/s1. The van der Waals surface area contributed by atoms with E-state index in [2.05, 4.69) is 24.3 Å². The van der Waals surface area contributed by atoms with Crippen LogP contribution in [0.15, 0.2) is 84.9 Å². The van der Waals surface area contributed by atoms with Crippen molar-refractivity contribution in [3.63, 3.8) is 0 Å². The van der Waals surface area contributed by atoms with Crippen molar-refractivity contribution < 1.29 is 9.53 Å². The fourth-order valence-corrected chi connectivity index (χ4v) is 4.04. The molecule has 29 heavy (non-hydrogen) atoms. The summed E-state index contributed by atoms with van der Waals surface area (Å²) in [5.41, 5.74) is 3.20. The first-order chi connectivity index (χ1) is 14.2. The van der Waals surface area contributed by atoms with Crippen LogP contribution in [0.4, 0.5) is 0 Å². The highest BCUT2D eigenvalue weighted by molar-refractivity contribution is 6.30. The summed E-state index contributed by atoms with van der Waals surface area (Å²) in [6, 6.07) is 27.9. The van der Waals surface area contributed by atoms with E-state index in [9.17, 15) is 4.79 Å². The van der Waals surface area contributed by atoms with Crippen molar-refractivity contribution in [2.45, 2.75) is 31.6 Å². The van der Waals surface area contributed by atoms with E-state index in [0.29, 0.717) is 18.1 Å². The number of carbonyl (C=O) groups excluding carboxylic acids is 1. The number of carbonyl (C=O) groups is 1. The van der Waals surface area contributed by atoms with Crippen LogP contribution < -0.4 is 0 Å². The molecule has 1 heterocycles. The van der Waals surface area contributed by atoms with Crippen LogP contribution in [0.5, 0.6) is 0 Å². The quantitative estimate of drug-likeness (QED) is 0.485. The molecule has 0 aromatic heterocycles. The largest absolute Gasteiger partial charge is 0.366 e. The lowest BCUT2D eigenvalue weighted by Gasteiger charge is -2.35. The van der Waals surface area contributed by atoms with Crippen LogP contribution in [-0.4, -0.2) is 17.4 Å². The van der Waals surface area contributed by atoms with Gasteiger partial charge in [-0.05, 0) is 35.2 Å². The molecule has 0 saturated carbocycles. The van der Waals surface area contributed by atoms with Gasteiger partial charge in [0.25, 0.3) is 0 Å². The van der Waals surface area contributed by atoms with Crippen molar-refractivity contribution in [2.75, 3.05) is 6.54 Å². The maximum absolute atomic E-state index is 12.7. The van der Waals surface area contributed by atoms with Gasteiger partial charge in [-0.2, -0.15) is 0 Å². The number of ether oxygens (including phenoxy) is 1. The third-order valence-corrected chi connectivity index (χ3v) is 5.60. The predicted octanol–water partition coefficient (Wildman–Crippen LogP) is 5.96. The number of likely N-dealkylation sites (tertiary alicyclic amines) is 1. The van der Waals surface area contributed by atoms with Crippen LogP contribution in [0, 0.1) is 0 Å². The van der Waals surface area contributed by atoms with Crippen LogP contribution in [0.25, 0.3) is 0 Å². The highest BCUT2D eigenvalue weighted by atomic mass is 35.5. The second kappa shape index (κ2) is 9.25. The van der Waals surface area contributed by atoms with Crippen LogP contribution in [0.3, 0.4) is 0 Å². The molecule has 1 amide bonds. The van der Waals surface area contributed by atoms with Crippen molar-refractivity contribution in [1.29, 1.82) is 0 Å². The molecule has 2 atom stereocenters. The number of benzene rings is 3. The smallest absolute Gasteiger partial charge is 0.223 e. The minimum Gasteiger partial charge on any atom is -0.366 e. The zero-order valence-electron chi connectivity index (χ0n) is 16.2. The minimum absolute atomic E-state index is 0.182. The number of amides is 1. The summed E-state index contributed by atoms with van der Waals surface area (Å²) in [6.45, 7) is 1.22. The number of halogens is 1. The van der Waals surface area contributed by atoms with Gasteiger partial charge in [0.05, 0.1) is 12.6 Å². The first-order valence-corrected chi connectivity index (χ1v) is 10.4. The summed E-state index contributed by atoms with van der Waals surface area (Å²) in [5, 5.41) is 0.684. The highest BCUT2D eigenvalue weighted by Gasteiger charge is 2.36. The Hall–Kier alpha value is -2.62. The average molecular weight is 406 g/mol. The van der Waals surface area contributed by atoms with Gasteiger partial charge in [-0.25, -0.2) is 0 Å². The zero-order valence-corrected chi connectivity index (χ0v) is 17.0. The van der Waals surface area contributed by atoms with Gasteiger partial charge < -0.3 is 9.64 Å². The molecule has 4 rings (SSSR count). The monoisotopic (exact) mass is 405 g/mol. The average Bonchev–Trinajstić information content (AvgIpc) is 3.18. The molecule has 0 bridgehead atoms. The Labute approximate surface area is 176 Å². The van der Waals surface area contributed by atoms with Crippen LogP contribution in [0.2, 0.25) is 5.02 Å². The van der Waals surface area contributed by atoms with Crippen LogP contribution in [0.1, 0.15) is 41.7 Å². The second-order valence-electron chi connectivity index (χ2n) is 7.31. The van der Waals surface area contributed by atoms with E-state index in [1.165, 1.54) is 0 Å². The SMILES string of the molecule is O=C1CCCN1[C@H](c1ccccc1)[C@@H](OCc1ccccc1)c1ccc(Cl)cc1. The van der Waals surface area contributed by atoms with E-state index in [1.54, 1.807) is 0 Å². The maximum Gasteiger partial charge on any atom is 0.223 e. The molecule has 1 fully saturated rings. The Morgan fingerprint density at radius 3 is 2.14 bits per heavy atom. The molecular weight excluding hydrogens is 382 g/mol. The van der Waals surface area contributed by atoms with Crippen molar-refractivity contribution in [3.8, 4) is 0 Å². The minimum atomic E-state index is -0.295. The molecule has 0 N–H and O–H groups in total. The third-order valence-electron chi connectivity index (χ3n) is 5.34. The number of hydrogen-bond acceptors (Lipinski definition) is 2. The molecule has 3 nitrogen and oxygen atoms in total. The van der Waals surface area contributed by atoms with Crippen LogP contribution in [-0.2, 0) is 16.1 Å². The van der Waals surface area contributed by atoms with Gasteiger partial charge in [0, 0.05) is 18.0 Å². The summed E-state index contributed by atoms with van der Waals surface area (Å²) >= 11 is 6.13. The summed E-state index contributed by atoms with van der Waals surface area (Å²) in [4.78, 5) is 14.7. The Balaban J connectivity index is 1.72. The topological polar surface area (TPSA) is 29.5 Å². The first-order valence-electron chi connectivity index (χ1n) is 9.98. The van der Waals surface area contributed by atoms with Crippen molar-refractivity contribution in [3.05, 3.63) is 107 Å². The molecular formula is C25H24ClNO2. The fourth-order valence-electron chi connectivity index (χ4n) is 3.91. The number of hydrogen-bond donors (Lipinski definition) is 0. The van der Waals surface area contributed by atoms with E-state index in [0.717, 1.165) is 29.7 Å². The van der Waals surface area contributed by atoms with E-state index < -0.39 is 0 Å². The van der Waals surface area contributed by atoms with Gasteiger partial charge >= 0.3 is 0 Å². The highest BCUT2D eigenvalue weighted by Crippen LogP contribution is 2.40. The number of rotatable bonds is 7. The first kappa shape index (κ1) is 19.7. The Bertz CT molecular complexity index is 928. The molecule has 0 unspecified atom stereocenters. The van der Waals surface area contributed by atoms with Crippen molar-refractivity contribution in [2.24, 2.45) is 0 Å². The van der Waals surface area contributed by atoms with Crippen molar-refractivity contribution in [1.82, 2.24) is 4.90 Å². The summed E-state index contributed by atoms with van der Waals surface area (Å²) in [5.74, 6) is 0.182. The number of nitrogens with zero attached hydrogens (tertiary/aromatic N) is 1. The summed E-state index contributed by atoms with van der Waals surface area (Å²) in [6.07, 6.45) is 1.18. The normalized spacial score (nSPS) is 16.0. The van der Waals surface area contributed by atoms with Gasteiger partial charge in [0.2, 0.25) is 5.91 Å². The molecule has 0 radical (unpaired) electrons.